The molecule has 5 nitrogen and oxygen atoms in total. The number of nitrogens with two attached hydrogens (primary N) is 2. The number of halogens is 1. The number of aromatic nitrogens is 2. The number of rotatable bonds is 0. The Kier molecular flexibility index (Phi) is 2.67. The molecular formula is C7H5ClN4O. The van der Waals surface area contributed by atoms with E-state index in [1.165, 1.54) is 6.20 Å². The maximum absolute atomic E-state index is 10.3. The molecule has 0 saturated heterocycles. The lowest BCUT2D eigenvalue weighted by molar-refractivity contribution is -0.112. The molecule has 6 heteroatoms. The molecule has 13 heavy (non-hydrogen) atoms. The smallest absolute Gasteiger partial charge is 0.293 e. The predicted octanol–water partition coefficient (Wildman–Crippen LogP) is -0.451. The molecule has 1 heterocycles. The number of primary amides is 1. The molecule has 0 bridgehead atoms. The van der Waals surface area contributed by atoms with Crippen LogP contribution >= 0.6 is 11.6 Å². The van der Waals surface area contributed by atoms with Crippen LogP contribution in [0, 0.1) is 11.8 Å². The van der Waals surface area contributed by atoms with Crippen molar-refractivity contribution in [3.63, 3.8) is 0 Å². The van der Waals surface area contributed by atoms with Crippen molar-refractivity contribution in [1.82, 2.24) is 9.97 Å². The zero-order chi connectivity index (χ0) is 9.84. The van der Waals surface area contributed by atoms with E-state index in [-0.39, 0.29) is 11.1 Å². The highest BCUT2D eigenvalue weighted by molar-refractivity contribution is 6.28. The van der Waals surface area contributed by atoms with Gasteiger partial charge in [-0.3, -0.25) is 4.79 Å². The maximum atomic E-state index is 10.3. The summed E-state index contributed by atoms with van der Waals surface area (Å²) in [6, 6.07) is 0. The van der Waals surface area contributed by atoms with Crippen LogP contribution in [0.3, 0.4) is 0 Å². The molecule has 0 saturated carbocycles. The van der Waals surface area contributed by atoms with Crippen molar-refractivity contribution >= 4 is 23.3 Å². The summed E-state index contributed by atoms with van der Waals surface area (Å²) in [7, 11) is 0. The minimum atomic E-state index is -0.741. The Labute approximate surface area is 79.1 Å². The Morgan fingerprint density at radius 3 is 2.85 bits per heavy atom. The van der Waals surface area contributed by atoms with Crippen molar-refractivity contribution in [2.45, 2.75) is 0 Å². The number of nitrogens with zero attached hydrogens (tertiary/aromatic N) is 2. The largest absolute Gasteiger partial charge is 0.383 e. The predicted molar refractivity (Wildman–Crippen MR) is 47.5 cm³/mol. The van der Waals surface area contributed by atoms with Gasteiger partial charge in [-0.05, 0) is 11.6 Å². The van der Waals surface area contributed by atoms with Crippen molar-refractivity contribution in [1.29, 1.82) is 0 Å². The Morgan fingerprint density at radius 2 is 2.31 bits per heavy atom. The van der Waals surface area contributed by atoms with E-state index in [2.05, 4.69) is 21.8 Å². The van der Waals surface area contributed by atoms with Gasteiger partial charge in [0, 0.05) is 12.1 Å². The lowest BCUT2D eigenvalue weighted by Crippen LogP contribution is -2.06. The molecule has 0 aliphatic carbocycles. The first-order chi connectivity index (χ1) is 6.09. The number of anilines is 1. The summed E-state index contributed by atoms with van der Waals surface area (Å²) in [4.78, 5) is 17.6. The van der Waals surface area contributed by atoms with E-state index >= 15 is 0 Å². The number of amides is 1. The van der Waals surface area contributed by atoms with Gasteiger partial charge in [0.05, 0.1) is 5.56 Å². The van der Waals surface area contributed by atoms with Gasteiger partial charge in [0.15, 0.2) is 0 Å². The Morgan fingerprint density at radius 1 is 1.62 bits per heavy atom. The van der Waals surface area contributed by atoms with Crippen molar-refractivity contribution in [3.05, 3.63) is 17.0 Å². The summed E-state index contributed by atoms with van der Waals surface area (Å²) < 4.78 is 0. The number of hydrogen-bond donors (Lipinski definition) is 2. The molecular weight excluding hydrogens is 192 g/mol. The van der Waals surface area contributed by atoms with Gasteiger partial charge in [-0.25, -0.2) is 4.98 Å². The van der Waals surface area contributed by atoms with Crippen molar-refractivity contribution in [2.24, 2.45) is 5.73 Å². The highest BCUT2D eigenvalue weighted by Gasteiger charge is 1.98. The van der Waals surface area contributed by atoms with E-state index in [1.807, 2.05) is 0 Å². The van der Waals surface area contributed by atoms with E-state index < -0.39 is 5.91 Å². The SMILES string of the molecule is NC(=O)C#Cc1cnc(Cl)nc1N. The summed E-state index contributed by atoms with van der Waals surface area (Å²) in [5.41, 5.74) is 10.5. The number of nitrogen functional groups attached to an aromatic ring is 1. The van der Waals surface area contributed by atoms with Crippen molar-refractivity contribution in [3.8, 4) is 11.8 Å². The molecule has 0 radical (unpaired) electrons. The second-order valence-electron chi connectivity index (χ2n) is 2.05. The van der Waals surface area contributed by atoms with Gasteiger partial charge in [0.25, 0.3) is 5.91 Å². The number of hydrogen-bond acceptors (Lipinski definition) is 4. The Bertz CT molecular complexity index is 407. The molecule has 0 aliphatic heterocycles. The topological polar surface area (TPSA) is 94.9 Å². The maximum Gasteiger partial charge on any atom is 0.293 e. The summed E-state index contributed by atoms with van der Waals surface area (Å²) in [6.45, 7) is 0. The van der Waals surface area contributed by atoms with Crippen molar-refractivity contribution in [2.75, 3.05) is 5.73 Å². The minimum absolute atomic E-state index is 0.0297. The molecule has 0 aromatic carbocycles. The first kappa shape index (κ1) is 9.29. The average molecular weight is 197 g/mol. The first-order valence-electron chi connectivity index (χ1n) is 3.19. The highest BCUT2D eigenvalue weighted by atomic mass is 35.5. The van der Waals surface area contributed by atoms with Crippen LogP contribution in [-0.2, 0) is 4.79 Å². The van der Waals surface area contributed by atoms with Gasteiger partial charge >= 0.3 is 0 Å². The fraction of sp³-hybridized carbons (Fsp3) is 0. The molecule has 1 aromatic heterocycles. The van der Waals surface area contributed by atoms with Crippen LogP contribution in [-0.4, -0.2) is 15.9 Å². The molecule has 0 atom stereocenters. The monoisotopic (exact) mass is 196 g/mol. The molecule has 0 spiro atoms. The van der Waals surface area contributed by atoms with Gasteiger partial charge < -0.3 is 11.5 Å². The van der Waals surface area contributed by atoms with E-state index in [0.29, 0.717) is 5.56 Å². The molecule has 0 aliphatic rings. The van der Waals surface area contributed by atoms with Crippen LogP contribution in [0.5, 0.6) is 0 Å². The lowest BCUT2D eigenvalue weighted by Gasteiger charge is -1.94. The zero-order valence-corrected chi connectivity index (χ0v) is 7.17. The van der Waals surface area contributed by atoms with E-state index in [9.17, 15) is 4.79 Å². The fourth-order valence-corrected chi connectivity index (χ4v) is 0.738. The summed E-state index contributed by atoms with van der Waals surface area (Å²) >= 11 is 5.44. The standard InChI is InChI=1S/C7H5ClN4O/c8-7-11-3-4(6(10)12-7)1-2-5(9)13/h3H,(H2,9,13)(H2,10,11,12). The van der Waals surface area contributed by atoms with Crippen molar-refractivity contribution < 1.29 is 4.79 Å². The normalized spacial score (nSPS) is 8.69. The molecule has 0 fully saturated rings. The molecule has 1 aromatic rings. The van der Waals surface area contributed by atoms with Crippen LogP contribution in [0.15, 0.2) is 6.20 Å². The molecule has 66 valence electrons. The molecule has 0 unspecified atom stereocenters. The van der Waals surface area contributed by atoms with Gasteiger partial charge in [0.1, 0.15) is 5.82 Å². The third-order valence-electron chi connectivity index (χ3n) is 1.11. The Hall–Kier alpha value is -1.80. The summed E-state index contributed by atoms with van der Waals surface area (Å²) in [6.07, 6.45) is 1.32. The number of carbonyl (C=O) groups is 1. The molecule has 1 amide bonds. The van der Waals surface area contributed by atoms with Gasteiger partial charge in [-0.1, -0.05) is 5.92 Å². The third-order valence-corrected chi connectivity index (χ3v) is 1.29. The first-order valence-corrected chi connectivity index (χ1v) is 3.57. The quantitative estimate of drug-likeness (QED) is 0.434. The third kappa shape index (κ3) is 2.61. The summed E-state index contributed by atoms with van der Waals surface area (Å²) in [5, 5.41) is 0.0297. The highest BCUT2D eigenvalue weighted by Crippen LogP contribution is 2.08. The average Bonchev–Trinajstić information content (AvgIpc) is 2.02. The van der Waals surface area contributed by atoms with E-state index in [1.54, 1.807) is 0 Å². The number of carbonyl (C=O) groups excluding carboxylic acids is 1. The van der Waals surface area contributed by atoms with E-state index in [4.69, 9.17) is 23.1 Å². The zero-order valence-electron chi connectivity index (χ0n) is 6.41. The van der Waals surface area contributed by atoms with Gasteiger partial charge in [-0.2, -0.15) is 4.98 Å². The molecule has 1 rings (SSSR count). The van der Waals surface area contributed by atoms with Gasteiger partial charge in [-0.15, -0.1) is 0 Å². The minimum Gasteiger partial charge on any atom is -0.383 e. The lowest BCUT2D eigenvalue weighted by atomic mass is 10.3. The van der Waals surface area contributed by atoms with Gasteiger partial charge in [0.2, 0.25) is 5.28 Å². The van der Waals surface area contributed by atoms with Crippen LogP contribution in [0.25, 0.3) is 0 Å². The van der Waals surface area contributed by atoms with E-state index in [0.717, 1.165) is 0 Å². The van der Waals surface area contributed by atoms with Crippen LogP contribution in [0.1, 0.15) is 5.56 Å². The summed E-state index contributed by atoms with van der Waals surface area (Å²) in [5.74, 6) is 3.89. The van der Waals surface area contributed by atoms with Crippen LogP contribution < -0.4 is 11.5 Å². The Balaban J connectivity index is 3.05. The second kappa shape index (κ2) is 3.74. The van der Waals surface area contributed by atoms with Crippen LogP contribution in [0.2, 0.25) is 5.28 Å². The van der Waals surface area contributed by atoms with Crippen LogP contribution in [0.4, 0.5) is 5.82 Å². The second-order valence-corrected chi connectivity index (χ2v) is 2.39. The molecule has 4 N–H and O–H groups in total. The fourth-order valence-electron chi connectivity index (χ4n) is 0.598.